The van der Waals surface area contributed by atoms with Gasteiger partial charge in [-0.2, -0.15) is 10.2 Å². The topological polar surface area (TPSA) is 183 Å². The Kier molecular flexibility index (Phi) is 7.60. The molecule has 4 aliphatic rings. The molecule has 8 rings (SSSR count). The van der Waals surface area contributed by atoms with Gasteiger partial charge in [0.25, 0.3) is 5.91 Å². The van der Waals surface area contributed by atoms with Crippen molar-refractivity contribution in [1.29, 1.82) is 5.26 Å². The van der Waals surface area contributed by atoms with E-state index in [1.54, 1.807) is 6.07 Å². The highest BCUT2D eigenvalue weighted by molar-refractivity contribution is 5.90. The number of aromatic nitrogens is 6. The average molecular weight is 651 g/mol. The van der Waals surface area contributed by atoms with E-state index in [9.17, 15) is 10.1 Å². The summed E-state index contributed by atoms with van der Waals surface area (Å²) < 4.78 is 19.5. The Morgan fingerprint density at radius 2 is 2.12 bits per heavy atom. The molecular weight excluding hydrogens is 612 g/mol. The van der Waals surface area contributed by atoms with Crippen LogP contribution in [0, 0.1) is 11.3 Å². The van der Waals surface area contributed by atoms with Crippen molar-refractivity contribution >= 4 is 11.6 Å². The van der Waals surface area contributed by atoms with Crippen LogP contribution in [0.15, 0.2) is 29.0 Å². The third-order valence-corrected chi connectivity index (χ3v) is 10.5. The fourth-order valence-electron chi connectivity index (χ4n) is 8.13. The highest BCUT2D eigenvalue weighted by Gasteiger charge is 2.49. The highest BCUT2D eigenvalue weighted by Crippen LogP contribution is 2.54. The number of aryl methyl sites for hydroxylation is 1. The van der Waals surface area contributed by atoms with E-state index in [2.05, 4.69) is 45.5 Å². The number of carbonyl (C=O) groups excluding carboxylic acids is 1. The molecule has 2 fully saturated rings. The summed E-state index contributed by atoms with van der Waals surface area (Å²) in [6, 6.07) is 8.09. The molecule has 1 amide bonds. The number of hydrogen-bond acceptors (Lipinski definition) is 12. The Bertz CT molecular complexity index is 1920. The predicted molar refractivity (Wildman–Crippen MR) is 172 cm³/mol. The molecule has 0 unspecified atom stereocenters. The number of nitrogen functional groups attached to an aromatic ring is 1. The van der Waals surface area contributed by atoms with Crippen LogP contribution in [0.3, 0.4) is 0 Å². The van der Waals surface area contributed by atoms with Gasteiger partial charge in [0.05, 0.1) is 23.6 Å². The van der Waals surface area contributed by atoms with Gasteiger partial charge in [-0.05, 0) is 89.1 Å². The summed E-state index contributed by atoms with van der Waals surface area (Å²) in [7, 11) is 2.11. The van der Waals surface area contributed by atoms with Crippen molar-refractivity contribution < 1.29 is 18.8 Å². The molecule has 248 valence electrons. The summed E-state index contributed by atoms with van der Waals surface area (Å²) in [4.78, 5) is 29.2. The first-order valence-corrected chi connectivity index (χ1v) is 16.7. The quantitative estimate of drug-likeness (QED) is 0.279. The molecule has 5 heterocycles. The smallest absolute Gasteiger partial charge is 0.291 e. The van der Waals surface area contributed by atoms with Gasteiger partial charge in [0.1, 0.15) is 18.5 Å². The van der Waals surface area contributed by atoms with Gasteiger partial charge < -0.3 is 25.0 Å². The number of anilines is 1. The second-order valence-corrected chi connectivity index (χ2v) is 13.4. The third kappa shape index (κ3) is 5.09. The lowest BCUT2D eigenvalue weighted by Gasteiger charge is -2.33. The van der Waals surface area contributed by atoms with Crippen molar-refractivity contribution in [2.24, 2.45) is 0 Å². The Balaban J connectivity index is 1.19. The van der Waals surface area contributed by atoms with E-state index in [1.165, 1.54) is 11.0 Å². The SMILES string of the molecule is C[C@H](Oc1cc(-n2cnc(C(=O)N[C@@H]3CCOC3)n2)nc(-c2noc3c2CCC[C@@]32CCc3ccc(N)c(C#N)c32)n1)[C@@H]1CCCN1C. The van der Waals surface area contributed by atoms with Crippen LogP contribution in [-0.4, -0.2) is 85.7 Å². The minimum atomic E-state index is -0.494. The van der Waals surface area contributed by atoms with Crippen LogP contribution in [0.2, 0.25) is 0 Å². The number of nitrogens with two attached hydrogens (primary N) is 1. The molecule has 4 aromatic rings. The molecule has 3 aromatic heterocycles. The molecule has 2 aliphatic carbocycles. The standard InChI is InChI=1S/C34H38N10O4/c1-19(25-6-4-13-43(25)2)47-27-15-26(44-18-37-32(41-44)33(45)38-21-10-14-46-17-21)39-31(40-27)29-22-5-3-11-34(30(22)48-42-29)12-9-20-7-8-24(36)23(16-35)28(20)34/h7-8,15,18-19,21,25H,3-6,9-14,17,36H2,1-2H3,(H,38,45)/t19-,21+,25-,34-/m0/s1. The van der Waals surface area contributed by atoms with Gasteiger partial charge in [0, 0.05) is 30.0 Å². The Morgan fingerprint density at radius 3 is 2.92 bits per heavy atom. The number of hydrogen-bond donors (Lipinski definition) is 2. The van der Waals surface area contributed by atoms with Crippen LogP contribution in [0.1, 0.15) is 84.1 Å². The summed E-state index contributed by atoms with van der Waals surface area (Å²) in [5, 5.41) is 22.1. The third-order valence-electron chi connectivity index (χ3n) is 10.5. The number of likely N-dealkylation sites (N-methyl/N-ethyl adjacent to an activating group) is 1. The lowest BCUT2D eigenvalue weighted by molar-refractivity contribution is 0.0919. The predicted octanol–water partition coefficient (Wildman–Crippen LogP) is 3.11. The molecule has 1 spiro atoms. The van der Waals surface area contributed by atoms with Crippen molar-refractivity contribution in [3.05, 3.63) is 58.4 Å². The molecule has 1 aromatic carbocycles. The zero-order valence-electron chi connectivity index (χ0n) is 27.1. The number of likely N-dealkylation sites (tertiary alicyclic amines) is 1. The van der Waals surface area contributed by atoms with Gasteiger partial charge in [0.15, 0.2) is 23.1 Å². The van der Waals surface area contributed by atoms with E-state index in [1.807, 2.05) is 12.1 Å². The summed E-state index contributed by atoms with van der Waals surface area (Å²) >= 11 is 0. The van der Waals surface area contributed by atoms with Gasteiger partial charge in [0.2, 0.25) is 11.7 Å². The molecule has 48 heavy (non-hydrogen) atoms. The van der Waals surface area contributed by atoms with Gasteiger partial charge in [-0.3, -0.25) is 9.69 Å². The van der Waals surface area contributed by atoms with Crippen molar-refractivity contribution in [2.75, 3.05) is 32.5 Å². The maximum atomic E-state index is 12.9. The number of nitrogens with zero attached hydrogens (tertiary/aromatic N) is 8. The zero-order valence-corrected chi connectivity index (χ0v) is 27.1. The van der Waals surface area contributed by atoms with Crippen LogP contribution in [-0.2, 0) is 23.0 Å². The summed E-state index contributed by atoms with van der Waals surface area (Å²) in [6.45, 7) is 4.15. The van der Waals surface area contributed by atoms with Crippen LogP contribution in [0.25, 0.3) is 17.3 Å². The summed E-state index contributed by atoms with van der Waals surface area (Å²) in [5.41, 5.74) is 10.3. The van der Waals surface area contributed by atoms with Gasteiger partial charge in [-0.25, -0.2) is 14.6 Å². The number of nitriles is 1. The van der Waals surface area contributed by atoms with Crippen LogP contribution in [0.5, 0.6) is 5.88 Å². The van der Waals surface area contributed by atoms with Crippen LogP contribution >= 0.6 is 0 Å². The maximum Gasteiger partial charge on any atom is 0.291 e. The van der Waals surface area contributed by atoms with Gasteiger partial charge in [-0.15, -0.1) is 5.10 Å². The minimum Gasteiger partial charge on any atom is -0.473 e. The average Bonchev–Trinajstić information content (AvgIpc) is 3.93. The lowest BCUT2D eigenvalue weighted by Crippen LogP contribution is -2.38. The number of fused-ring (bicyclic) bond motifs is 4. The van der Waals surface area contributed by atoms with Crippen molar-refractivity contribution in [1.82, 2.24) is 40.1 Å². The number of nitrogens with one attached hydrogen (secondary N) is 1. The number of benzene rings is 1. The van der Waals surface area contributed by atoms with Crippen molar-refractivity contribution in [2.45, 2.75) is 81.9 Å². The van der Waals surface area contributed by atoms with Crippen molar-refractivity contribution in [3.8, 4) is 29.3 Å². The normalized spacial score (nSPS) is 23.9. The van der Waals surface area contributed by atoms with E-state index >= 15 is 0 Å². The maximum absolute atomic E-state index is 12.9. The molecule has 14 nitrogen and oxygen atoms in total. The van der Waals surface area contributed by atoms with E-state index in [0.717, 1.165) is 80.4 Å². The Morgan fingerprint density at radius 1 is 1.23 bits per heavy atom. The molecule has 4 atom stereocenters. The zero-order chi connectivity index (χ0) is 33.0. The first kappa shape index (κ1) is 30.5. The Hall–Kier alpha value is -4.87. The van der Waals surface area contributed by atoms with Gasteiger partial charge >= 0.3 is 0 Å². The van der Waals surface area contributed by atoms with E-state index in [0.29, 0.717) is 47.7 Å². The lowest BCUT2D eigenvalue weighted by atomic mass is 9.68. The molecule has 0 saturated carbocycles. The minimum absolute atomic E-state index is 0.0266. The van der Waals surface area contributed by atoms with E-state index in [4.69, 9.17) is 29.7 Å². The molecule has 14 heteroatoms. The molecule has 2 aliphatic heterocycles. The van der Waals surface area contributed by atoms with Crippen LogP contribution < -0.4 is 15.8 Å². The molecule has 0 bridgehead atoms. The van der Waals surface area contributed by atoms with Crippen molar-refractivity contribution in [3.63, 3.8) is 0 Å². The second-order valence-electron chi connectivity index (χ2n) is 13.4. The second kappa shape index (κ2) is 12.0. The van der Waals surface area contributed by atoms with E-state index < -0.39 is 5.41 Å². The number of ether oxygens (including phenoxy) is 2. The van der Waals surface area contributed by atoms with E-state index in [-0.39, 0.29) is 29.9 Å². The van der Waals surface area contributed by atoms with Crippen LogP contribution in [0.4, 0.5) is 5.69 Å². The first-order chi connectivity index (χ1) is 23.3. The Labute approximate surface area is 277 Å². The monoisotopic (exact) mass is 650 g/mol. The fraction of sp³-hybridized carbons (Fsp3) is 0.500. The first-order valence-electron chi connectivity index (χ1n) is 16.7. The largest absolute Gasteiger partial charge is 0.473 e. The molecular formula is C34H38N10O4. The molecule has 2 saturated heterocycles. The molecule has 0 radical (unpaired) electrons. The number of carbonyl (C=O) groups is 1. The highest BCUT2D eigenvalue weighted by atomic mass is 16.5. The summed E-state index contributed by atoms with van der Waals surface area (Å²) in [5.74, 6) is 1.47. The fourth-order valence-corrected chi connectivity index (χ4v) is 8.13. The van der Waals surface area contributed by atoms with Gasteiger partial charge in [-0.1, -0.05) is 11.2 Å². The number of amides is 1. The number of rotatable bonds is 7. The summed E-state index contributed by atoms with van der Waals surface area (Å²) in [6.07, 6.45) is 8.28. The molecule has 3 N–H and O–H groups in total.